The second kappa shape index (κ2) is 8.09. The third kappa shape index (κ3) is 4.32. The predicted octanol–water partition coefficient (Wildman–Crippen LogP) is 5.04. The molecule has 1 aliphatic rings. The van der Waals surface area contributed by atoms with E-state index in [1.807, 2.05) is 18.2 Å². The molecule has 0 saturated carbocycles. The maximum atomic E-state index is 11.6. The van der Waals surface area contributed by atoms with Crippen molar-refractivity contribution >= 4 is 21.4 Å². The van der Waals surface area contributed by atoms with Gasteiger partial charge in [-0.05, 0) is 59.4 Å². The average Bonchev–Trinajstić information content (AvgIpc) is 2.72. The maximum Gasteiger partial charge on any atom is 0.238 e. The first-order chi connectivity index (χ1) is 14.3. The molecule has 0 aromatic heterocycles. The second-order valence-corrected chi connectivity index (χ2v) is 9.62. The summed E-state index contributed by atoms with van der Waals surface area (Å²) in [5.41, 5.74) is 5.43. The molecule has 0 saturated heterocycles. The molecule has 0 radical (unpaired) electrons. The molecule has 3 aromatic rings. The molecular formula is C25H25NO3S. The van der Waals surface area contributed by atoms with Crippen LogP contribution >= 0.6 is 0 Å². The van der Waals surface area contributed by atoms with Crippen LogP contribution in [0.25, 0.3) is 11.3 Å². The Balaban J connectivity index is 1.78. The Morgan fingerprint density at radius 2 is 1.53 bits per heavy atom. The monoisotopic (exact) mass is 419 g/mol. The van der Waals surface area contributed by atoms with Crippen molar-refractivity contribution in [3.63, 3.8) is 0 Å². The molecule has 0 unspecified atom stereocenters. The van der Waals surface area contributed by atoms with E-state index in [1.165, 1.54) is 17.7 Å². The van der Waals surface area contributed by atoms with E-state index in [0.717, 1.165) is 46.6 Å². The number of hydrogen-bond donors (Lipinski definition) is 1. The van der Waals surface area contributed by atoms with Gasteiger partial charge in [0.15, 0.2) is 0 Å². The van der Waals surface area contributed by atoms with Crippen LogP contribution in [0.1, 0.15) is 36.1 Å². The summed E-state index contributed by atoms with van der Waals surface area (Å²) in [5.74, 6) is 2.17. The molecule has 0 fully saturated rings. The van der Waals surface area contributed by atoms with Gasteiger partial charge in [0.2, 0.25) is 10.0 Å². The number of para-hydroxylation sites is 1. The van der Waals surface area contributed by atoms with Gasteiger partial charge >= 0.3 is 0 Å². The smallest absolute Gasteiger partial charge is 0.238 e. The van der Waals surface area contributed by atoms with E-state index in [0.29, 0.717) is 5.92 Å². The molecule has 0 amide bonds. The van der Waals surface area contributed by atoms with Crippen molar-refractivity contribution in [3.05, 3.63) is 95.1 Å². The Morgan fingerprint density at radius 1 is 0.900 bits per heavy atom. The molecule has 1 aliphatic heterocycles. The summed E-state index contributed by atoms with van der Waals surface area (Å²) in [7, 11) is -3.74. The number of primary sulfonamides is 1. The van der Waals surface area contributed by atoms with Crippen LogP contribution in [-0.2, 0) is 22.9 Å². The van der Waals surface area contributed by atoms with Crippen LogP contribution in [0.5, 0.6) is 5.75 Å². The summed E-state index contributed by atoms with van der Waals surface area (Å²) < 4.78 is 29.5. The quantitative estimate of drug-likeness (QED) is 0.630. The molecule has 0 spiro atoms. The van der Waals surface area contributed by atoms with Crippen LogP contribution in [0, 0.1) is 5.92 Å². The van der Waals surface area contributed by atoms with E-state index in [4.69, 9.17) is 9.88 Å². The van der Waals surface area contributed by atoms with Gasteiger partial charge in [-0.25, -0.2) is 13.6 Å². The Bertz CT molecular complexity index is 1190. The van der Waals surface area contributed by atoms with Crippen molar-refractivity contribution in [2.75, 3.05) is 0 Å². The van der Waals surface area contributed by atoms with E-state index in [-0.39, 0.29) is 4.90 Å². The first kappa shape index (κ1) is 20.4. The van der Waals surface area contributed by atoms with Crippen molar-refractivity contribution in [2.24, 2.45) is 11.1 Å². The Morgan fingerprint density at radius 3 is 2.17 bits per heavy atom. The summed E-state index contributed by atoms with van der Waals surface area (Å²) in [6.07, 6.45) is 1.78. The SMILES string of the molecule is CC(C)Cc1ccc(C2=C(c3ccc(S(N)(=O)=O)cc3)Oc3ccccc3C2)cc1. The molecule has 0 atom stereocenters. The number of benzene rings is 3. The number of fused-ring (bicyclic) bond motifs is 1. The van der Waals surface area contributed by atoms with Crippen LogP contribution in [0.3, 0.4) is 0 Å². The lowest BCUT2D eigenvalue weighted by Crippen LogP contribution is -2.13. The number of sulfonamides is 1. The van der Waals surface area contributed by atoms with Crippen molar-refractivity contribution in [1.82, 2.24) is 0 Å². The highest BCUT2D eigenvalue weighted by Gasteiger charge is 2.22. The van der Waals surface area contributed by atoms with Crippen LogP contribution in [0.4, 0.5) is 0 Å². The summed E-state index contributed by atoms with van der Waals surface area (Å²) in [4.78, 5) is 0.0858. The molecule has 1 heterocycles. The predicted molar refractivity (Wildman–Crippen MR) is 120 cm³/mol. The lowest BCUT2D eigenvalue weighted by atomic mass is 9.91. The largest absolute Gasteiger partial charge is 0.456 e. The van der Waals surface area contributed by atoms with Gasteiger partial charge in [-0.2, -0.15) is 0 Å². The fraction of sp³-hybridized carbons (Fsp3) is 0.200. The fourth-order valence-corrected chi connectivity index (χ4v) is 4.28. The van der Waals surface area contributed by atoms with Gasteiger partial charge in [0.05, 0.1) is 4.90 Å². The molecule has 5 heteroatoms. The number of rotatable bonds is 5. The van der Waals surface area contributed by atoms with Crippen LogP contribution in [0.15, 0.2) is 77.7 Å². The van der Waals surface area contributed by atoms with Gasteiger partial charge in [-0.3, -0.25) is 0 Å². The standard InChI is InChI=1S/C25H25NO3S/c1-17(2)15-18-7-9-19(10-8-18)23-16-21-5-3-4-6-24(21)29-25(23)20-11-13-22(14-12-20)30(26,27)28/h3-14,17H,15-16H2,1-2H3,(H2,26,27,28). The number of ether oxygens (including phenoxy) is 1. The minimum absolute atomic E-state index is 0.0858. The molecule has 30 heavy (non-hydrogen) atoms. The number of hydrogen-bond acceptors (Lipinski definition) is 3. The second-order valence-electron chi connectivity index (χ2n) is 8.06. The topological polar surface area (TPSA) is 69.4 Å². The zero-order valence-electron chi connectivity index (χ0n) is 17.1. The number of allylic oxidation sites excluding steroid dienone is 1. The van der Waals surface area contributed by atoms with Gasteiger partial charge in [-0.1, -0.05) is 56.3 Å². The zero-order valence-corrected chi connectivity index (χ0v) is 17.9. The highest BCUT2D eigenvalue weighted by molar-refractivity contribution is 7.89. The lowest BCUT2D eigenvalue weighted by Gasteiger charge is -2.24. The minimum Gasteiger partial charge on any atom is -0.456 e. The molecule has 154 valence electrons. The van der Waals surface area contributed by atoms with E-state index < -0.39 is 10.0 Å². The van der Waals surface area contributed by atoms with Crippen molar-refractivity contribution in [1.29, 1.82) is 0 Å². The summed E-state index contributed by atoms with van der Waals surface area (Å²) in [6.45, 7) is 4.43. The normalized spacial score (nSPS) is 13.9. The Kier molecular flexibility index (Phi) is 5.50. The van der Waals surface area contributed by atoms with Gasteiger partial charge in [0.25, 0.3) is 0 Å². The van der Waals surface area contributed by atoms with E-state index in [1.54, 1.807) is 12.1 Å². The molecular weight excluding hydrogens is 394 g/mol. The van der Waals surface area contributed by atoms with Crippen molar-refractivity contribution < 1.29 is 13.2 Å². The summed E-state index contributed by atoms with van der Waals surface area (Å²) in [5, 5.41) is 5.24. The average molecular weight is 420 g/mol. The molecule has 2 N–H and O–H groups in total. The first-order valence-electron chi connectivity index (χ1n) is 10.0. The first-order valence-corrected chi connectivity index (χ1v) is 11.6. The molecule has 0 bridgehead atoms. The minimum atomic E-state index is -3.74. The van der Waals surface area contributed by atoms with Gasteiger partial charge in [-0.15, -0.1) is 0 Å². The van der Waals surface area contributed by atoms with E-state index in [2.05, 4.69) is 44.2 Å². The van der Waals surface area contributed by atoms with Gasteiger partial charge in [0.1, 0.15) is 11.5 Å². The molecule has 4 rings (SSSR count). The summed E-state index contributed by atoms with van der Waals surface area (Å²) in [6, 6.07) is 23.1. The molecule has 3 aromatic carbocycles. The molecule has 0 aliphatic carbocycles. The Labute approximate surface area is 178 Å². The van der Waals surface area contributed by atoms with E-state index in [9.17, 15) is 8.42 Å². The van der Waals surface area contributed by atoms with Crippen LogP contribution < -0.4 is 9.88 Å². The van der Waals surface area contributed by atoms with Gasteiger partial charge < -0.3 is 4.74 Å². The summed E-state index contributed by atoms with van der Waals surface area (Å²) >= 11 is 0. The third-order valence-electron chi connectivity index (χ3n) is 5.22. The highest BCUT2D eigenvalue weighted by Crippen LogP contribution is 2.39. The van der Waals surface area contributed by atoms with E-state index >= 15 is 0 Å². The Hall–Kier alpha value is -2.89. The number of nitrogens with two attached hydrogens (primary N) is 1. The molecule has 4 nitrogen and oxygen atoms in total. The van der Waals surface area contributed by atoms with Crippen LogP contribution in [0.2, 0.25) is 0 Å². The van der Waals surface area contributed by atoms with Crippen LogP contribution in [-0.4, -0.2) is 8.42 Å². The lowest BCUT2D eigenvalue weighted by molar-refractivity contribution is 0.502. The fourth-order valence-electron chi connectivity index (χ4n) is 3.77. The third-order valence-corrected chi connectivity index (χ3v) is 6.15. The van der Waals surface area contributed by atoms with Crippen molar-refractivity contribution in [3.8, 4) is 5.75 Å². The van der Waals surface area contributed by atoms with Crippen molar-refractivity contribution in [2.45, 2.75) is 31.6 Å². The maximum absolute atomic E-state index is 11.6. The highest BCUT2D eigenvalue weighted by atomic mass is 32.2. The zero-order chi connectivity index (χ0) is 21.3. The van der Waals surface area contributed by atoms with Gasteiger partial charge in [0, 0.05) is 17.6 Å².